The Hall–Kier alpha value is -3.21. The molecule has 2 N–H and O–H groups in total. The summed E-state index contributed by atoms with van der Waals surface area (Å²) in [6.07, 6.45) is 2.45. The molecule has 142 valence electrons. The second-order valence-electron chi connectivity index (χ2n) is 6.96. The van der Waals surface area contributed by atoms with Crippen LogP contribution in [0.1, 0.15) is 35.1 Å². The Morgan fingerprint density at radius 3 is 2.79 bits per heavy atom. The molecule has 1 aliphatic heterocycles. The maximum Gasteiger partial charge on any atom is 0.350 e. The first-order chi connectivity index (χ1) is 13.7. The van der Waals surface area contributed by atoms with Gasteiger partial charge in [-0.1, -0.05) is 25.1 Å². The van der Waals surface area contributed by atoms with Crippen LogP contribution in [0.25, 0.3) is 5.69 Å². The van der Waals surface area contributed by atoms with Gasteiger partial charge in [-0.2, -0.15) is 15.0 Å². The fourth-order valence-electron chi connectivity index (χ4n) is 3.67. The summed E-state index contributed by atoms with van der Waals surface area (Å²) in [5, 5.41) is 13.3. The van der Waals surface area contributed by atoms with E-state index in [9.17, 15) is 4.79 Å². The number of aryl methyl sites for hydroxylation is 1. The monoisotopic (exact) mass is 374 g/mol. The third-order valence-corrected chi connectivity index (χ3v) is 5.16. The van der Waals surface area contributed by atoms with Crippen LogP contribution >= 0.6 is 0 Å². The van der Waals surface area contributed by atoms with Crippen molar-refractivity contribution in [2.45, 2.75) is 25.8 Å². The summed E-state index contributed by atoms with van der Waals surface area (Å²) in [4.78, 5) is 12.8. The molecule has 0 spiro atoms. The summed E-state index contributed by atoms with van der Waals surface area (Å²) in [5.74, 6) is 0.436. The lowest BCUT2D eigenvalue weighted by Gasteiger charge is -2.14. The van der Waals surface area contributed by atoms with E-state index in [2.05, 4.69) is 41.1 Å². The average Bonchev–Trinajstić information content (AvgIpc) is 3.38. The lowest BCUT2D eigenvalue weighted by molar-refractivity contribution is 0.689. The van der Waals surface area contributed by atoms with Crippen molar-refractivity contribution in [1.29, 1.82) is 5.26 Å². The minimum Gasteiger partial charge on any atom is -0.277 e. The van der Waals surface area contributed by atoms with E-state index in [4.69, 9.17) is 5.26 Å². The molecular weight excluding hydrogens is 352 g/mol. The van der Waals surface area contributed by atoms with Gasteiger partial charge in [0.15, 0.2) is 0 Å². The zero-order valence-electron chi connectivity index (χ0n) is 15.7. The lowest BCUT2D eigenvalue weighted by atomic mass is 9.93. The zero-order valence-corrected chi connectivity index (χ0v) is 15.7. The fourth-order valence-corrected chi connectivity index (χ4v) is 3.67. The number of rotatable bonds is 5. The van der Waals surface area contributed by atoms with Crippen molar-refractivity contribution in [2.75, 3.05) is 13.1 Å². The summed E-state index contributed by atoms with van der Waals surface area (Å²) >= 11 is 0. The molecule has 0 radical (unpaired) electrons. The van der Waals surface area contributed by atoms with E-state index in [1.54, 1.807) is 23.0 Å². The van der Waals surface area contributed by atoms with Gasteiger partial charge in [-0.05, 0) is 47.4 Å². The molecule has 4 rings (SSSR count). The molecule has 2 aromatic carbocycles. The van der Waals surface area contributed by atoms with Crippen molar-refractivity contribution in [1.82, 2.24) is 25.2 Å². The molecule has 1 saturated heterocycles. The second-order valence-corrected chi connectivity index (χ2v) is 6.96. The van der Waals surface area contributed by atoms with Crippen LogP contribution in [0, 0.1) is 11.3 Å². The Morgan fingerprint density at radius 1 is 1.21 bits per heavy atom. The van der Waals surface area contributed by atoms with Gasteiger partial charge >= 0.3 is 5.69 Å². The van der Waals surface area contributed by atoms with Crippen LogP contribution in [-0.4, -0.2) is 27.4 Å². The van der Waals surface area contributed by atoms with Crippen molar-refractivity contribution in [2.24, 2.45) is 0 Å². The minimum absolute atomic E-state index is 0.193. The summed E-state index contributed by atoms with van der Waals surface area (Å²) in [6, 6.07) is 15.5. The molecule has 1 fully saturated rings. The molecular formula is C21H22N6O. The Morgan fingerprint density at radius 2 is 2.04 bits per heavy atom. The van der Waals surface area contributed by atoms with Crippen LogP contribution in [0.4, 0.5) is 0 Å². The number of aromatic nitrogens is 3. The third kappa shape index (κ3) is 3.48. The maximum absolute atomic E-state index is 12.8. The second kappa shape index (κ2) is 7.80. The summed E-state index contributed by atoms with van der Waals surface area (Å²) in [6.45, 7) is 4.32. The molecule has 7 heteroatoms. The first-order valence-corrected chi connectivity index (χ1v) is 9.42. The van der Waals surface area contributed by atoms with Crippen molar-refractivity contribution in [3.63, 3.8) is 0 Å². The van der Waals surface area contributed by atoms with Crippen LogP contribution < -0.4 is 16.5 Å². The van der Waals surface area contributed by atoms with Gasteiger partial charge in [-0.25, -0.2) is 4.79 Å². The number of hydrogen-bond donors (Lipinski definition) is 2. The third-order valence-electron chi connectivity index (χ3n) is 5.16. The van der Waals surface area contributed by atoms with E-state index in [0.717, 1.165) is 30.8 Å². The minimum atomic E-state index is -0.193. The van der Waals surface area contributed by atoms with Crippen molar-refractivity contribution < 1.29 is 0 Å². The van der Waals surface area contributed by atoms with Crippen LogP contribution in [0.2, 0.25) is 0 Å². The Kier molecular flexibility index (Phi) is 5.06. The zero-order chi connectivity index (χ0) is 19.5. The largest absolute Gasteiger partial charge is 0.350 e. The highest BCUT2D eigenvalue weighted by Gasteiger charge is 2.19. The summed E-state index contributed by atoms with van der Waals surface area (Å²) < 4.78 is 2.99. The van der Waals surface area contributed by atoms with Gasteiger partial charge in [0.25, 0.3) is 0 Å². The topological polar surface area (TPSA) is 87.7 Å². The van der Waals surface area contributed by atoms with Crippen LogP contribution in [0.15, 0.2) is 53.6 Å². The molecule has 1 aromatic heterocycles. The first kappa shape index (κ1) is 18.2. The number of nitrogens with zero attached hydrogens (tertiary/aromatic N) is 4. The molecule has 0 unspecified atom stereocenters. The van der Waals surface area contributed by atoms with E-state index >= 15 is 0 Å². The summed E-state index contributed by atoms with van der Waals surface area (Å²) in [7, 11) is 0. The molecule has 1 aliphatic rings. The smallest absolute Gasteiger partial charge is 0.277 e. The summed E-state index contributed by atoms with van der Waals surface area (Å²) in [5.41, 5.74) is 10.9. The SMILES string of the molecule is CCc1cc(-n2ncn(Cc3cccc(C#N)c3)c2=O)ccc1C1CNNC1. The van der Waals surface area contributed by atoms with E-state index in [1.165, 1.54) is 15.8 Å². The standard InChI is InChI=1S/C21H22N6O/c1-2-17-9-19(6-7-20(17)18-11-23-24-12-18)27-21(28)26(14-25-27)13-16-5-3-4-15(8-16)10-22/h3-9,14,18,23-24H,2,11-13H2,1H3. The predicted octanol–water partition coefficient (Wildman–Crippen LogP) is 1.71. The van der Waals surface area contributed by atoms with Gasteiger partial charge in [0.05, 0.1) is 23.9 Å². The van der Waals surface area contributed by atoms with Gasteiger partial charge in [-0.15, -0.1) is 0 Å². The maximum atomic E-state index is 12.8. The van der Waals surface area contributed by atoms with Crippen molar-refractivity contribution >= 4 is 0 Å². The average molecular weight is 374 g/mol. The number of hydrazine groups is 1. The number of benzene rings is 2. The highest BCUT2D eigenvalue weighted by molar-refractivity contribution is 5.42. The van der Waals surface area contributed by atoms with Crippen molar-refractivity contribution in [3.8, 4) is 11.8 Å². The first-order valence-electron chi connectivity index (χ1n) is 9.42. The van der Waals surface area contributed by atoms with Gasteiger partial charge in [0.1, 0.15) is 6.33 Å². The van der Waals surface area contributed by atoms with Crippen LogP contribution in [0.5, 0.6) is 0 Å². The highest BCUT2D eigenvalue weighted by Crippen LogP contribution is 2.24. The fraction of sp³-hybridized carbons (Fsp3) is 0.286. The van der Waals surface area contributed by atoms with E-state index in [1.807, 2.05) is 18.2 Å². The van der Waals surface area contributed by atoms with E-state index in [-0.39, 0.29) is 5.69 Å². The lowest BCUT2D eigenvalue weighted by Crippen LogP contribution is -2.24. The molecule has 2 heterocycles. The van der Waals surface area contributed by atoms with Gasteiger partial charge < -0.3 is 0 Å². The quantitative estimate of drug-likeness (QED) is 0.710. The van der Waals surface area contributed by atoms with Crippen LogP contribution in [0.3, 0.4) is 0 Å². The number of hydrogen-bond acceptors (Lipinski definition) is 5. The van der Waals surface area contributed by atoms with Crippen molar-refractivity contribution in [3.05, 3.63) is 81.5 Å². The van der Waals surface area contributed by atoms with E-state index < -0.39 is 0 Å². The van der Waals surface area contributed by atoms with E-state index in [0.29, 0.717) is 18.0 Å². The van der Waals surface area contributed by atoms with Gasteiger partial charge in [-0.3, -0.25) is 15.4 Å². The van der Waals surface area contributed by atoms with Gasteiger partial charge in [0, 0.05) is 19.0 Å². The molecule has 0 bridgehead atoms. The Bertz CT molecular complexity index is 1080. The van der Waals surface area contributed by atoms with Crippen LogP contribution in [-0.2, 0) is 13.0 Å². The molecule has 0 aliphatic carbocycles. The number of nitriles is 1. The normalized spacial score (nSPS) is 14.3. The molecule has 28 heavy (non-hydrogen) atoms. The molecule has 0 saturated carbocycles. The van der Waals surface area contributed by atoms with Gasteiger partial charge in [0.2, 0.25) is 0 Å². The molecule has 0 amide bonds. The molecule has 0 atom stereocenters. The Labute approximate surface area is 163 Å². The number of nitrogens with one attached hydrogen (secondary N) is 2. The Balaban J connectivity index is 1.63. The predicted molar refractivity (Wildman–Crippen MR) is 106 cm³/mol. The molecule has 3 aromatic rings. The highest BCUT2D eigenvalue weighted by atomic mass is 16.2. The molecule has 7 nitrogen and oxygen atoms in total.